The van der Waals surface area contributed by atoms with E-state index < -0.39 is 11.9 Å². The number of hydrogen-bond donors (Lipinski definition) is 1. The third-order valence-corrected chi connectivity index (χ3v) is 3.78. The largest absolute Gasteiger partial charge is 0.478 e. The molecule has 3 aromatic rings. The summed E-state index contributed by atoms with van der Waals surface area (Å²) in [6, 6.07) is 7.34. The van der Waals surface area contributed by atoms with Crippen molar-refractivity contribution < 1.29 is 14.3 Å². The fourth-order valence-electron chi connectivity index (χ4n) is 2.30. The van der Waals surface area contributed by atoms with Gasteiger partial charge >= 0.3 is 5.97 Å². The van der Waals surface area contributed by atoms with Crippen LogP contribution in [0.2, 0.25) is 0 Å². The highest BCUT2D eigenvalue weighted by Gasteiger charge is 2.17. The number of fused-ring (bicyclic) bond motifs is 1. The zero-order chi connectivity index (χ0) is 18.1. The van der Waals surface area contributed by atoms with Gasteiger partial charge in [-0.3, -0.25) is 0 Å². The van der Waals surface area contributed by atoms with Gasteiger partial charge in [0.1, 0.15) is 5.69 Å². The molecule has 0 amide bonds. The van der Waals surface area contributed by atoms with Crippen LogP contribution < -0.4 is 4.90 Å². The third-order valence-electron chi connectivity index (χ3n) is 3.78. The zero-order valence-electron chi connectivity index (χ0n) is 13.7. The molecule has 0 radical (unpaired) electrons. The van der Waals surface area contributed by atoms with E-state index in [9.17, 15) is 9.18 Å². The highest BCUT2D eigenvalue weighted by atomic mass is 19.1. The average Bonchev–Trinajstić information content (AvgIpc) is 2.60. The Labute approximate surface area is 143 Å². The van der Waals surface area contributed by atoms with Crippen molar-refractivity contribution in [1.82, 2.24) is 15.0 Å². The van der Waals surface area contributed by atoms with Gasteiger partial charge in [0.25, 0.3) is 0 Å². The van der Waals surface area contributed by atoms with Gasteiger partial charge in [0.2, 0.25) is 5.95 Å². The normalized spacial score (nSPS) is 10.7. The highest BCUT2D eigenvalue weighted by molar-refractivity contribution is 5.93. The molecule has 0 atom stereocenters. The number of pyridine rings is 1. The number of hydrogen-bond acceptors (Lipinski definition) is 5. The number of aromatic carboxylic acids is 1. The first-order valence-electron chi connectivity index (χ1n) is 7.43. The van der Waals surface area contributed by atoms with Crippen LogP contribution in [0.4, 0.5) is 10.2 Å². The molecular weight excluding hydrogens is 323 g/mol. The summed E-state index contributed by atoms with van der Waals surface area (Å²) in [6.45, 7) is 5.71. The number of carbonyl (C=O) groups is 1. The minimum absolute atomic E-state index is 0.127. The first-order valence-corrected chi connectivity index (χ1v) is 7.43. The van der Waals surface area contributed by atoms with Gasteiger partial charge in [-0.25, -0.2) is 19.7 Å². The minimum atomic E-state index is -1.04. The Morgan fingerprint density at radius 3 is 2.56 bits per heavy atom. The predicted molar refractivity (Wildman–Crippen MR) is 92.9 cm³/mol. The smallest absolute Gasteiger partial charge is 0.335 e. The maximum absolute atomic E-state index is 13.1. The van der Waals surface area contributed by atoms with E-state index in [0.717, 1.165) is 5.70 Å². The van der Waals surface area contributed by atoms with Crippen molar-refractivity contribution >= 4 is 22.8 Å². The van der Waals surface area contributed by atoms with Gasteiger partial charge < -0.3 is 10.0 Å². The number of rotatable bonds is 4. The van der Waals surface area contributed by atoms with Crippen LogP contribution in [0.3, 0.4) is 0 Å². The fraction of sp³-hybridized carbons (Fsp3) is 0.111. The van der Waals surface area contributed by atoms with Crippen molar-refractivity contribution in [2.75, 3.05) is 11.9 Å². The summed E-state index contributed by atoms with van der Waals surface area (Å²) >= 11 is 0. The van der Waals surface area contributed by atoms with Gasteiger partial charge in [0.05, 0.1) is 16.6 Å². The molecule has 0 unspecified atom stereocenters. The van der Waals surface area contributed by atoms with Gasteiger partial charge in [-0.15, -0.1) is 0 Å². The maximum atomic E-state index is 13.1. The van der Waals surface area contributed by atoms with E-state index in [4.69, 9.17) is 5.11 Å². The molecule has 0 bridgehead atoms. The van der Waals surface area contributed by atoms with E-state index in [1.54, 1.807) is 24.1 Å². The van der Waals surface area contributed by atoms with Crippen molar-refractivity contribution in [3.63, 3.8) is 0 Å². The van der Waals surface area contributed by atoms with Gasteiger partial charge in [-0.2, -0.15) is 4.39 Å². The highest BCUT2D eigenvalue weighted by Crippen LogP contribution is 2.30. The Morgan fingerprint density at radius 1 is 1.20 bits per heavy atom. The molecule has 0 fully saturated rings. The topological polar surface area (TPSA) is 79.2 Å². The van der Waals surface area contributed by atoms with E-state index in [-0.39, 0.29) is 5.56 Å². The molecule has 0 aliphatic rings. The first kappa shape index (κ1) is 16.5. The molecule has 7 heteroatoms. The number of carboxylic acids is 1. The zero-order valence-corrected chi connectivity index (χ0v) is 13.7. The van der Waals surface area contributed by atoms with Crippen molar-refractivity contribution in [3.8, 4) is 11.3 Å². The minimum Gasteiger partial charge on any atom is -0.478 e. The maximum Gasteiger partial charge on any atom is 0.335 e. The molecule has 1 N–H and O–H groups in total. The Kier molecular flexibility index (Phi) is 4.14. The summed E-state index contributed by atoms with van der Waals surface area (Å²) < 4.78 is 13.1. The molecule has 6 nitrogen and oxygen atoms in total. The van der Waals surface area contributed by atoms with Crippen LogP contribution in [-0.2, 0) is 0 Å². The molecule has 1 aromatic carbocycles. The van der Waals surface area contributed by atoms with E-state index in [0.29, 0.717) is 28.1 Å². The van der Waals surface area contributed by atoms with Crippen LogP contribution in [0, 0.1) is 5.95 Å². The molecule has 3 rings (SSSR count). The summed E-state index contributed by atoms with van der Waals surface area (Å²) in [6.07, 6.45) is 1.38. The summed E-state index contributed by atoms with van der Waals surface area (Å²) in [4.78, 5) is 25.7. The SMILES string of the molecule is C=C(C)N(C)c1nc2cc(C(=O)O)ccc2nc1-c1ccc(F)nc1. The van der Waals surface area contributed by atoms with Crippen molar-refractivity contribution in [1.29, 1.82) is 0 Å². The van der Waals surface area contributed by atoms with Crippen molar-refractivity contribution in [2.24, 2.45) is 0 Å². The molecule has 0 aliphatic heterocycles. The summed E-state index contributed by atoms with van der Waals surface area (Å²) in [7, 11) is 1.78. The summed E-state index contributed by atoms with van der Waals surface area (Å²) in [5.74, 6) is -1.14. The van der Waals surface area contributed by atoms with Crippen molar-refractivity contribution in [3.05, 3.63) is 60.3 Å². The molecule has 126 valence electrons. The number of allylic oxidation sites excluding steroid dienone is 1. The summed E-state index contributed by atoms with van der Waals surface area (Å²) in [5.41, 5.74) is 2.93. The van der Waals surface area contributed by atoms with Crippen LogP contribution >= 0.6 is 0 Å². The summed E-state index contributed by atoms with van der Waals surface area (Å²) in [5, 5.41) is 9.15. The Morgan fingerprint density at radius 2 is 1.96 bits per heavy atom. The number of aromatic nitrogens is 3. The lowest BCUT2D eigenvalue weighted by Crippen LogP contribution is -2.17. The lowest BCUT2D eigenvalue weighted by atomic mass is 10.1. The Balaban J connectivity index is 2.27. The van der Waals surface area contributed by atoms with E-state index in [2.05, 4.69) is 21.5 Å². The van der Waals surface area contributed by atoms with Gasteiger partial charge in [0, 0.05) is 24.5 Å². The van der Waals surface area contributed by atoms with Crippen LogP contribution in [0.15, 0.2) is 48.8 Å². The molecule has 2 heterocycles. The van der Waals surface area contributed by atoms with Crippen LogP contribution in [0.1, 0.15) is 17.3 Å². The van der Waals surface area contributed by atoms with Gasteiger partial charge in [-0.05, 0) is 37.3 Å². The van der Waals surface area contributed by atoms with Crippen molar-refractivity contribution in [2.45, 2.75) is 6.92 Å². The predicted octanol–water partition coefficient (Wildman–Crippen LogP) is 3.50. The Hall–Kier alpha value is -3.35. The number of benzene rings is 1. The monoisotopic (exact) mass is 338 g/mol. The van der Waals surface area contributed by atoms with E-state index in [1.165, 1.54) is 24.4 Å². The first-order chi connectivity index (χ1) is 11.9. The molecular formula is C18H15FN4O2. The second-order valence-electron chi connectivity index (χ2n) is 5.57. The van der Waals surface area contributed by atoms with Gasteiger partial charge in [0.15, 0.2) is 5.82 Å². The number of halogens is 1. The number of anilines is 1. The molecule has 0 saturated heterocycles. The van der Waals surface area contributed by atoms with E-state index >= 15 is 0 Å². The molecule has 0 spiro atoms. The molecule has 0 saturated carbocycles. The van der Waals surface area contributed by atoms with E-state index in [1.807, 2.05) is 6.92 Å². The van der Waals surface area contributed by atoms with Crippen LogP contribution in [0.25, 0.3) is 22.3 Å². The third kappa shape index (κ3) is 3.16. The Bertz CT molecular complexity index is 986. The number of carboxylic acid groups (broad SMARTS) is 1. The van der Waals surface area contributed by atoms with Gasteiger partial charge in [-0.1, -0.05) is 6.58 Å². The van der Waals surface area contributed by atoms with Crippen LogP contribution in [-0.4, -0.2) is 33.1 Å². The molecule has 25 heavy (non-hydrogen) atoms. The quantitative estimate of drug-likeness (QED) is 0.734. The number of nitrogens with zero attached hydrogens (tertiary/aromatic N) is 4. The molecule has 0 aliphatic carbocycles. The second-order valence-corrected chi connectivity index (χ2v) is 5.57. The fourth-order valence-corrected chi connectivity index (χ4v) is 2.30. The lowest BCUT2D eigenvalue weighted by molar-refractivity contribution is 0.0697. The lowest BCUT2D eigenvalue weighted by Gasteiger charge is -2.21. The standard InChI is InChI=1S/C18H15FN4O2/c1-10(2)23(3)17-16(12-5-7-15(19)20-9-12)21-13-6-4-11(18(24)25)8-14(13)22-17/h4-9H,1H2,2-3H3,(H,24,25). The second kappa shape index (κ2) is 6.27. The molecule has 2 aromatic heterocycles. The van der Waals surface area contributed by atoms with Crippen LogP contribution in [0.5, 0.6) is 0 Å². The average molecular weight is 338 g/mol.